The number of aromatic nitrogens is 4. The van der Waals surface area contributed by atoms with Crippen molar-refractivity contribution in [1.29, 1.82) is 5.26 Å². The van der Waals surface area contributed by atoms with Crippen molar-refractivity contribution in [3.05, 3.63) is 71.9 Å². The number of benzene rings is 1. The summed E-state index contributed by atoms with van der Waals surface area (Å²) >= 11 is 0. The van der Waals surface area contributed by atoms with Crippen molar-refractivity contribution in [2.24, 2.45) is 5.73 Å². The molecule has 0 radical (unpaired) electrons. The third-order valence-electron chi connectivity index (χ3n) is 6.00. The number of hydrogen-bond donors (Lipinski definition) is 1. The van der Waals surface area contributed by atoms with Crippen molar-refractivity contribution in [1.82, 2.24) is 24.6 Å². The van der Waals surface area contributed by atoms with Gasteiger partial charge in [0.25, 0.3) is 5.91 Å². The van der Waals surface area contributed by atoms with E-state index < -0.39 is 5.91 Å². The minimum absolute atomic E-state index is 0.189. The Kier molecular flexibility index (Phi) is 5.55. The van der Waals surface area contributed by atoms with E-state index in [-0.39, 0.29) is 5.69 Å². The first-order valence-electron chi connectivity index (χ1n) is 11.0. The second-order valence-corrected chi connectivity index (χ2v) is 8.29. The molecule has 4 heterocycles. The van der Waals surface area contributed by atoms with Gasteiger partial charge in [0.1, 0.15) is 11.8 Å². The molecule has 1 aliphatic heterocycles. The van der Waals surface area contributed by atoms with Crippen LogP contribution in [-0.4, -0.2) is 43.6 Å². The van der Waals surface area contributed by atoms with Crippen LogP contribution >= 0.6 is 0 Å². The zero-order valence-electron chi connectivity index (χ0n) is 18.1. The van der Waals surface area contributed by atoms with E-state index in [1.165, 1.54) is 24.8 Å². The van der Waals surface area contributed by atoms with Crippen LogP contribution in [0.3, 0.4) is 0 Å². The molecule has 8 nitrogen and oxygen atoms in total. The molecule has 4 aromatic rings. The third-order valence-corrected chi connectivity index (χ3v) is 6.00. The molecule has 3 aromatic heterocycles. The summed E-state index contributed by atoms with van der Waals surface area (Å²) in [4.78, 5) is 23.2. The summed E-state index contributed by atoms with van der Waals surface area (Å²) in [5.41, 5.74) is 10.6. The second kappa shape index (κ2) is 8.81. The van der Waals surface area contributed by atoms with Crippen molar-refractivity contribution < 1.29 is 4.79 Å². The third kappa shape index (κ3) is 4.19. The van der Waals surface area contributed by atoms with Gasteiger partial charge in [-0.25, -0.2) is 9.67 Å². The molecular formula is C25H23N7O. The molecule has 0 aliphatic carbocycles. The molecule has 1 amide bonds. The van der Waals surface area contributed by atoms with Gasteiger partial charge in [-0.15, -0.1) is 0 Å². The maximum atomic E-state index is 12.2. The maximum absolute atomic E-state index is 12.2. The van der Waals surface area contributed by atoms with Gasteiger partial charge in [-0.05, 0) is 67.4 Å². The SMILES string of the molecule is N#Cc1ccc(-n2nc(C(N)=O)c3cc(-c4cncc(CN5CCCCC5)c4)ccc32)cn1. The summed E-state index contributed by atoms with van der Waals surface area (Å²) in [5, 5.41) is 14.1. The Morgan fingerprint density at radius 1 is 1.03 bits per heavy atom. The summed E-state index contributed by atoms with van der Waals surface area (Å²) < 4.78 is 1.62. The first-order chi connectivity index (χ1) is 16.1. The van der Waals surface area contributed by atoms with E-state index in [0.29, 0.717) is 16.8 Å². The first-order valence-corrected chi connectivity index (χ1v) is 11.0. The van der Waals surface area contributed by atoms with Crippen LogP contribution in [-0.2, 0) is 6.54 Å². The van der Waals surface area contributed by atoms with Crippen molar-refractivity contribution >= 4 is 16.8 Å². The highest BCUT2D eigenvalue weighted by Gasteiger charge is 2.18. The van der Waals surface area contributed by atoms with E-state index >= 15 is 0 Å². The van der Waals surface area contributed by atoms with E-state index in [1.54, 1.807) is 23.0 Å². The quantitative estimate of drug-likeness (QED) is 0.512. The number of primary amides is 1. The number of carbonyl (C=O) groups is 1. The summed E-state index contributed by atoms with van der Waals surface area (Å²) in [6.45, 7) is 3.14. The van der Waals surface area contributed by atoms with Crippen LogP contribution < -0.4 is 5.73 Å². The fourth-order valence-corrected chi connectivity index (χ4v) is 4.36. The molecular weight excluding hydrogens is 414 g/mol. The van der Waals surface area contributed by atoms with E-state index in [4.69, 9.17) is 11.0 Å². The Balaban J connectivity index is 1.53. The number of nitriles is 1. The number of piperidine rings is 1. The van der Waals surface area contributed by atoms with E-state index in [9.17, 15) is 4.79 Å². The molecule has 0 unspecified atom stereocenters. The summed E-state index contributed by atoms with van der Waals surface area (Å²) in [6, 6.07) is 13.3. The van der Waals surface area contributed by atoms with Gasteiger partial charge in [-0.3, -0.25) is 14.7 Å². The normalized spacial score (nSPS) is 14.3. The molecule has 0 atom stereocenters. The molecule has 1 aliphatic rings. The van der Waals surface area contributed by atoms with Gasteiger partial charge >= 0.3 is 0 Å². The second-order valence-electron chi connectivity index (χ2n) is 8.29. The highest BCUT2D eigenvalue weighted by Crippen LogP contribution is 2.29. The van der Waals surface area contributed by atoms with Crippen molar-refractivity contribution in [3.63, 3.8) is 0 Å². The lowest BCUT2D eigenvalue weighted by Crippen LogP contribution is -2.29. The van der Waals surface area contributed by atoms with Crippen LogP contribution in [0.25, 0.3) is 27.7 Å². The number of nitrogens with two attached hydrogens (primary N) is 1. The molecule has 164 valence electrons. The summed E-state index contributed by atoms with van der Waals surface area (Å²) in [7, 11) is 0. The van der Waals surface area contributed by atoms with Crippen LogP contribution in [0, 0.1) is 11.3 Å². The number of likely N-dealkylation sites (tertiary alicyclic amines) is 1. The average molecular weight is 438 g/mol. The maximum Gasteiger partial charge on any atom is 0.269 e. The van der Waals surface area contributed by atoms with Gasteiger partial charge in [-0.2, -0.15) is 10.4 Å². The van der Waals surface area contributed by atoms with Gasteiger partial charge < -0.3 is 5.73 Å². The zero-order valence-corrected chi connectivity index (χ0v) is 18.1. The number of fused-ring (bicyclic) bond motifs is 1. The fourth-order valence-electron chi connectivity index (χ4n) is 4.36. The number of hydrogen-bond acceptors (Lipinski definition) is 6. The average Bonchev–Trinajstić information content (AvgIpc) is 3.24. The number of nitrogens with zero attached hydrogens (tertiary/aromatic N) is 6. The van der Waals surface area contributed by atoms with Gasteiger partial charge in [0, 0.05) is 29.9 Å². The molecule has 2 N–H and O–H groups in total. The highest BCUT2D eigenvalue weighted by molar-refractivity contribution is 6.05. The smallest absolute Gasteiger partial charge is 0.269 e. The van der Waals surface area contributed by atoms with Crippen LogP contribution in [0.5, 0.6) is 0 Å². The van der Waals surface area contributed by atoms with Crippen LogP contribution in [0.4, 0.5) is 0 Å². The molecule has 0 saturated carbocycles. The molecule has 0 bridgehead atoms. The Bertz CT molecular complexity index is 1360. The largest absolute Gasteiger partial charge is 0.364 e. The van der Waals surface area contributed by atoms with Gasteiger partial charge in [0.05, 0.1) is 17.4 Å². The van der Waals surface area contributed by atoms with Gasteiger partial charge in [0.15, 0.2) is 5.69 Å². The topological polar surface area (TPSA) is 114 Å². The summed E-state index contributed by atoms with van der Waals surface area (Å²) in [6.07, 6.45) is 9.11. The standard InChI is InChI=1S/C25H23N7O/c26-12-20-5-6-21(15-29-20)32-23-7-4-18(11-22(23)24(30-32)25(27)33)19-10-17(13-28-14-19)16-31-8-2-1-3-9-31/h4-7,10-11,13-15H,1-3,8-9,16H2,(H2,27,33). The predicted octanol–water partition coefficient (Wildman–Crippen LogP) is 3.44. The molecule has 33 heavy (non-hydrogen) atoms. The lowest BCUT2D eigenvalue weighted by atomic mass is 10.0. The van der Waals surface area contributed by atoms with Crippen molar-refractivity contribution in [3.8, 4) is 22.9 Å². The lowest BCUT2D eigenvalue weighted by molar-refractivity contribution is 0.0996. The van der Waals surface area contributed by atoms with Crippen molar-refractivity contribution in [2.75, 3.05) is 13.1 Å². The Labute approximate surface area is 191 Å². The fraction of sp³-hybridized carbons (Fsp3) is 0.240. The first kappa shape index (κ1) is 20.8. The van der Waals surface area contributed by atoms with Crippen molar-refractivity contribution in [2.45, 2.75) is 25.8 Å². The minimum Gasteiger partial charge on any atom is -0.364 e. The van der Waals surface area contributed by atoms with E-state index in [2.05, 4.69) is 26.0 Å². The monoisotopic (exact) mass is 437 g/mol. The minimum atomic E-state index is -0.602. The van der Waals surface area contributed by atoms with E-state index in [0.717, 1.165) is 36.3 Å². The van der Waals surface area contributed by atoms with Crippen LogP contribution in [0.1, 0.15) is 41.0 Å². The molecule has 5 rings (SSSR count). The lowest BCUT2D eigenvalue weighted by Gasteiger charge is -2.26. The molecule has 0 spiro atoms. The summed E-state index contributed by atoms with van der Waals surface area (Å²) in [5.74, 6) is -0.602. The number of pyridine rings is 2. The van der Waals surface area contributed by atoms with Gasteiger partial charge in [0.2, 0.25) is 0 Å². The predicted molar refractivity (Wildman–Crippen MR) is 124 cm³/mol. The molecule has 1 fully saturated rings. The van der Waals surface area contributed by atoms with Crippen LogP contribution in [0.15, 0.2) is 55.0 Å². The Morgan fingerprint density at radius 2 is 1.88 bits per heavy atom. The number of carbonyl (C=O) groups excluding carboxylic acids is 1. The molecule has 1 saturated heterocycles. The molecule has 8 heteroatoms. The number of amides is 1. The Hall–Kier alpha value is -4.09. The number of rotatable bonds is 5. The zero-order chi connectivity index (χ0) is 22.8. The van der Waals surface area contributed by atoms with Crippen LogP contribution in [0.2, 0.25) is 0 Å². The Morgan fingerprint density at radius 3 is 2.61 bits per heavy atom. The highest BCUT2D eigenvalue weighted by atomic mass is 16.1. The van der Waals surface area contributed by atoms with Gasteiger partial charge in [-0.1, -0.05) is 12.5 Å². The molecule has 1 aromatic carbocycles. The van der Waals surface area contributed by atoms with E-state index in [1.807, 2.05) is 36.7 Å².